The van der Waals surface area contributed by atoms with E-state index < -0.39 is 6.43 Å². The van der Waals surface area contributed by atoms with Crippen molar-refractivity contribution in [1.29, 1.82) is 0 Å². The Balaban J connectivity index is 1.45. The average Bonchev–Trinajstić information content (AvgIpc) is 3.13. The molecule has 3 aromatic rings. The molecule has 0 spiro atoms. The second-order valence-electron chi connectivity index (χ2n) is 6.54. The molecule has 10 heteroatoms. The highest BCUT2D eigenvalue weighted by Gasteiger charge is 2.15. The predicted molar refractivity (Wildman–Crippen MR) is 100 cm³/mol. The molecular formula is C19H20F2N6O2. The summed E-state index contributed by atoms with van der Waals surface area (Å²) in [5, 5.41) is 16.5. The third kappa shape index (κ3) is 4.32. The van der Waals surface area contributed by atoms with E-state index in [1.807, 2.05) is 13.0 Å². The molecule has 0 unspecified atom stereocenters. The minimum atomic E-state index is -2.51. The molecule has 3 heterocycles. The van der Waals surface area contributed by atoms with Crippen molar-refractivity contribution in [3.05, 3.63) is 53.3 Å². The van der Waals surface area contributed by atoms with Crippen LogP contribution in [-0.2, 0) is 11.3 Å². The number of morpholine rings is 1. The second kappa shape index (κ2) is 8.48. The van der Waals surface area contributed by atoms with E-state index in [0.29, 0.717) is 36.2 Å². The fourth-order valence-electron chi connectivity index (χ4n) is 3.00. The van der Waals surface area contributed by atoms with Gasteiger partial charge in [-0.15, -0.1) is 15.3 Å². The lowest BCUT2D eigenvalue weighted by Gasteiger charge is -2.27. The van der Waals surface area contributed by atoms with Gasteiger partial charge in [-0.3, -0.25) is 0 Å². The van der Waals surface area contributed by atoms with Crippen LogP contribution in [0.3, 0.4) is 0 Å². The number of ether oxygens (including phenoxy) is 2. The summed E-state index contributed by atoms with van der Waals surface area (Å²) in [5.74, 6) is 1.16. The zero-order chi connectivity index (χ0) is 20.2. The van der Waals surface area contributed by atoms with Crippen LogP contribution >= 0.6 is 0 Å². The van der Waals surface area contributed by atoms with E-state index >= 15 is 0 Å². The zero-order valence-corrected chi connectivity index (χ0v) is 15.8. The van der Waals surface area contributed by atoms with Gasteiger partial charge in [-0.05, 0) is 25.1 Å². The maximum Gasteiger partial charge on any atom is 0.263 e. The number of aryl methyl sites for hydroxylation is 1. The molecule has 29 heavy (non-hydrogen) atoms. The lowest BCUT2D eigenvalue weighted by Crippen LogP contribution is -2.36. The van der Waals surface area contributed by atoms with Gasteiger partial charge in [-0.2, -0.15) is 0 Å². The van der Waals surface area contributed by atoms with Gasteiger partial charge in [-0.1, -0.05) is 17.3 Å². The molecule has 0 bridgehead atoms. The first-order chi connectivity index (χ1) is 14.1. The third-order valence-electron chi connectivity index (χ3n) is 4.66. The molecule has 8 nitrogen and oxygen atoms in total. The summed E-state index contributed by atoms with van der Waals surface area (Å²) < 4.78 is 38.2. The zero-order valence-electron chi connectivity index (χ0n) is 15.8. The molecule has 152 valence electrons. The molecule has 1 aliphatic heterocycles. The van der Waals surface area contributed by atoms with Crippen molar-refractivity contribution < 1.29 is 18.3 Å². The summed E-state index contributed by atoms with van der Waals surface area (Å²) in [6.45, 7) is 4.89. The molecule has 2 aromatic heterocycles. The first-order valence-corrected chi connectivity index (χ1v) is 9.20. The molecule has 0 aliphatic carbocycles. The quantitative estimate of drug-likeness (QED) is 0.627. The monoisotopic (exact) mass is 402 g/mol. The number of hydrogen-bond donors (Lipinski definition) is 0. The van der Waals surface area contributed by atoms with E-state index in [-0.39, 0.29) is 12.2 Å². The van der Waals surface area contributed by atoms with Crippen molar-refractivity contribution in [2.75, 3.05) is 31.2 Å². The van der Waals surface area contributed by atoms with Crippen molar-refractivity contribution in [3.63, 3.8) is 0 Å². The van der Waals surface area contributed by atoms with Crippen LogP contribution in [0.25, 0.3) is 5.69 Å². The summed E-state index contributed by atoms with van der Waals surface area (Å²) in [7, 11) is 0. The van der Waals surface area contributed by atoms with Gasteiger partial charge in [0.25, 0.3) is 6.43 Å². The number of aromatic nitrogens is 5. The first kappa shape index (κ1) is 19.2. The molecule has 0 N–H and O–H groups in total. The van der Waals surface area contributed by atoms with Gasteiger partial charge in [0.1, 0.15) is 12.3 Å². The standard InChI is InChI=1S/C19H20F2N6O2/c1-13-16(27(25-22-13)15-4-2-14(3-5-15)19(20)21)12-29-18-7-6-17(23-24-18)26-8-10-28-11-9-26/h2-7,19H,8-12H2,1H3. The highest BCUT2D eigenvalue weighted by molar-refractivity contribution is 5.39. The van der Waals surface area contributed by atoms with Gasteiger partial charge in [-0.25, -0.2) is 13.5 Å². The fourth-order valence-corrected chi connectivity index (χ4v) is 3.00. The Morgan fingerprint density at radius 1 is 1.03 bits per heavy atom. The van der Waals surface area contributed by atoms with Gasteiger partial charge in [0, 0.05) is 24.7 Å². The lowest BCUT2D eigenvalue weighted by atomic mass is 10.2. The van der Waals surface area contributed by atoms with Gasteiger partial charge in [0.2, 0.25) is 5.88 Å². The Bertz CT molecular complexity index is 940. The van der Waals surface area contributed by atoms with Crippen molar-refractivity contribution in [2.45, 2.75) is 20.0 Å². The van der Waals surface area contributed by atoms with Gasteiger partial charge >= 0.3 is 0 Å². The maximum atomic E-state index is 12.8. The molecule has 1 aromatic carbocycles. The van der Waals surface area contributed by atoms with Crippen molar-refractivity contribution in [1.82, 2.24) is 25.2 Å². The molecule has 0 radical (unpaired) electrons. The van der Waals surface area contributed by atoms with Crippen LogP contribution in [0.1, 0.15) is 23.4 Å². The number of hydrogen-bond acceptors (Lipinski definition) is 7. The van der Waals surface area contributed by atoms with Crippen LogP contribution < -0.4 is 9.64 Å². The minimum Gasteiger partial charge on any atom is -0.470 e. The minimum absolute atomic E-state index is 0.0426. The van der Waals surface area contributed by atoms with Crippen molar-refractivity contribution in [2.24, 2.45) is 0 Å². The van der Waals surface area contributed by atoms with E-state index in [1.165, 1.54) is 12.1 Å². The maximum absolute atomic E-state index is 12.8. The van der Waals surface area contributed by atoms with Crippen LogP contribution in [-0.4, -0.2) is 51.5 Å². The van der Waals surface area contributed by atoms with Crippen LogP contribution in [0, 0.1) is 6.92 Å². The van der Waals surface area contributed by atoms with Crippen LogP contribution in [0.4, 0.5) is 14.6 Å². The number of rotatable bonds is 6. The van der Waals surface area contributed by atoms with Crippen molar-refractivity contribution in [3.8, 4) is 11.6 Å². The largest absolute Gasteiger partial charge is 0.470 e. The highest BCUT2D eigenvalue weighted by Crippen LogP contribution is 2.22. The molecule has 0 amide bonds. The summed E-state index contributed by atoms with van der Waals surface area (Å²) in [5.41, 5.74) is 1.97. The average molecular weight is 402 g/mol. The second-order valence-corrected chi connectivity index (χ2v) is 6.54. The van der Waals surface area contributed by atoms with Crippen LogP contribution in [0.15, 0.2) is 36.4 Å². The first-order valence-electron chi connectivity index (χ1n) is 9.20. The van der Waals surface area contributed by atoms with Crippen molar-refractivity contribution >= 4 is 5.82 Å². The summed E-state index contributed by atoms with van der Waals surface area (Å²) in [6.07, 6.45) is -2.51. The van der Waals surface area contributed by atoms with Gasteiger partial charge < -0.3 is 14.4 Å². The Morgan fingerprint density at radius 3 is 2.45 bits per heavy atom. The van der Waals surface area contributed by atoms with E-state index in [0.717, 1.165) is 18.9 Å². The van der Waals surface area contributed by atoms with E-state index in [4.69, 9.17) is 9.47 Å². The highest BCUT2D eigenvalue weighted by atomic mass is 19.3. The number of benzene rings is 1. The number of alkyl halides is 2. The lowest BCUT2D eigenvalue weighted by molar-refractivity contribution is 0.122. The summed E-state index contributed by atoms with van der Waals surface area (Å²) in [6, 6.07) is 9.53. The Labute approximate surface area is 166 Å². The fraction of sp³-hybridized carbons (Fsp3) is 0.368. The third-order valence-corrected chi connectivity index (χ3v) is 4.66. The summed E-state index contributed by atoms with van der Waals surface area (Å²) in [4.78, 5) is 2.10. The van der Waals surface area contributed by atoms with E-state index in [2.05, 4.69) is 25.4 Å². The Kier molecular flexibility index (Phi) is 5.61. The topological polar surface area (TPSA) is 78.2 Å². The Hall–Kier alpha value is -3.14. The molecule has 1 fully saturated rings. The number of nitrogens with zero attached hydrogens (tertiary/aromatic N) is 6. The Morgan fingerprint density at radius 2 is 1.79 bits per heavy atom. The normalized spacial score (nSPS) is 14.4. The SMILES string of the molecule is Cc1nnn(-c2ccc(C(F)F)cc2)c1COc1ccc(N2CCOCC2)nn1. The van der Waals surface area contributed by atoms with Gasteiger partial charge in [0.15, 0.2) is 5.82 Å². The number of anilines is 1. The smallest absolute Gasteiger partial charge is 0.263 e. The molecule has 4 rings (SSSR count). The van der Waals surface area contributed by atoms with Crippen LogP contribution in [0.2, 0.25) is 0 Å². The predicted octanol–water partition coefficient (Wildman–Crippen LogP) is 2.72. The molecule has 1 aliphatic rings. The number of halogens is 2. The van der Waals surface area contributed by atoms with E-state index in [1.54, 1.807) is 22.9 Å². The molecular weight excluding hydrogens is 382 g/mol. The molecule has 0 atom stereocenters. The van der Waals surface area contributed by atoms with Crippen LogP contribution in [0.5, 0.6) is 5.88 Å². The summed E-state index contributed by atoms with van der Waals surface area (Å²) >= 11 is 0. The molecule has 1 saturated heterocycles. The van der Waals surface area contributed by atoms with Gasteiger partial charge in [0.05, 0.1) is 24.6 Å². The van der Waals surface area contributed by atoms with E-state index in [9.17, 15) is 8.78 Å². The molecule has 0 saturated carbocycles.